The molecule has 0 radical (unpaired) electrons. The molecule has 34 heavy (non-hydrogen) atoms. The Labute approximate surface area is 196 Å². The highest BCUT2D eigenvalue weighted by molar-refractivity contribution is 6.34. The molecule has 0 atom stereocenters. The first kappa shape index (κ1) is 18.8. The van der Waals surface area contributed by atoms with Gasteiger partial charge in [0.05, 0.1) is 39.9 Å². The number of H-pyrrole nitrogens is 1. The van der Waals surface area contributed by atoms with E-state index < -0.39 is 0 Å². The molecular weight excluding hydrogens is 418 g/mol. The smallest absolute Gasteiger partial charge is 0.0752 e. The highest BCUT2D eigenvalue weighted by Gasteiger charge is 2.23. The molecule has 0 saturated heterocycles. The Morgan fingerprint density at radius 1 is 0.559 bits per heavy atom. The van der Waals surface area contributed by atoms with Crippen LogP contribution in [0.25, 0.3) is 18.2 Å². The van der Waals surface area contributed by atoms with Crippen molar-refractivity contribution in [3.05, 3.63) is 130 Å². The van der Waals surface area contributed by atoms with Gasteiger partial charge in [-0.05, 0) is 84.5 Å². The summed E-state index contributed by atoms with van der Waals surface area (Å²) >= 11 is 0. The molecule has 0 fully saturated rings. The number of hydrogen-bond acceptors (Lipinski definition) is 4. The van der Waals surface area contributed by atoms with Crippen molar-refractivity contribution in [2.75, 3.05) is 5.32 Å². The lowest BCUT2D eigenvalue weighted by Gasteiger charge is -2.19. The monoisotopic (exact) mass is 437 g/mol. The number of aromatic nitrogens is 1. The van der Waals surface area contributed by atoms with Crippen LogP contribution in [0.3, 0.4) is 0 Å². The molecule has 160 valence electrons. The first-order valence-corrected chi connectivity index (χ1v) is 11.2. The van der Waals surface area contributed by atoms with Gasteiger partial charge in [-0.15, -0.1) is 0 Å². The minimum atomic E-state index is 0.866. The topological polar surface area (TPSA) is 64.9 Å². The standard InChI is InChI=1S/C29H19N5/c1-2-4-25-18(3-1)5-12-28(34-25)29-26-13-10-23(32-26)16-21-8-6-19(30-21)15-20-7-9-22(31-20)17-24-11-14-27(29)33-24/h1-17,30,34H. The molecule has 5 aliphatic heterocycles. The van der Waals surface area contributed by atoms with Crippen molar-refractivity contribution in [2.45, 2.75) is 0 Å². The summed E-state index contributed by atoms with van der Waals surface area (Å²) < 4.78 is 0. The fourth-order valence-corrected chi connectivity index (χ4v) is 4.49. The number of nitrogens with one attached hydrogen (secondary N) is 2. The predicted molar refractivity (Wildman–Crippen MR) is 141 cm³/mol. The quantitative estimate of drug-likeness (QED) is 0.520. The summed E-state index contributed by atoms with van der Waals surface area (Å²) in [6.45, 7) is 0. The third kappa shape index (κ3) is 3.31. The molecule has 1 aromatic heterocycles. The van der Waals surface area contributed by atoms with Gasteiger partial charge in [0.25, 0.3) is 0 Å². The Bertz CT molecular complexity index is 1600. The van der Waals surface area contributed by atoms with E-state index in [0.29, 0.717) is 0 Å². The van der Waals surface area contributed by atoms with Crippen LogP contribution < -0.4 is 5.32 Å². The second-order valence-corrected chi connectivity index (χ2v) is 8.44. The summed E-state index contributed by atoms with van der Waals surface area (Å²) in [4.78, 5) is 18.0. The molecule has 1 aromatic carbocycles. The van der Waals surface area contributed by atoms with Crippen molar-refractivity contribution in [1.29, 1.82) is 0 Å². The van der Waals surface area contributed by atoms with Crippen LogP contribution in [0.4, 0.5) is 5.69 Å². The molecule has 0 aliphatic carbocycles. The number of aromatic amines is 1. The molecule has 8 bridgehead atoms. The zero-order chi connectivity index (χ0) is 22.5. The minimum Gasteiger partial charge on any atom is -0.355 e. The molecule has 6 heterocycles. The zero-order valence-corrected chi connectivity index (χ0v) is 18.2. The highest BCUT2D eigenvalue weighted by Crippen LogP contribution is 2.30. The molecule has 5 heteroatoms. The highest BCUT2D eigenvalue weighted by atomic mass is 14.9. The number of nitrogens with zero attached hydrogens (tertiary/aromatic N) is 3. The van der Waals surface area contributed by atoms with Crippen LogP contribution in [0.2, 0.25) is 0 Å². The first-order valence-electron chi connectivity index (χ1n) is 11.2. The van der Waals surface area contributed by atoms with E-state index in [1.807, 2.05) is 54.7 Å². The van der Waals surface area contributed by atoms with Crippen molar-refractivity contribution >= 4 is 41.1 Å². The maximum absolute atomic E-state index is 4.95. The van der Waals surface area contributed by atoms with E-state index in [1.54, 1.807) is 0 Å². The number of hydrogen-bond donors (Lipinski definition) is 2. The van der Waals surface area contributed by atoms with Crippen molar-refractivity contribution in [3.63, 3.8) is 0 Å². The van der Waals surface area contributed by atoms with Crippen molar-refractivity contribution < 1.29 is 0 Å². The van der Waals surface area contributed by atoms with E-state index in [4.69, 9.17) is 15.0 Å². The van der Waals surface area contributed by atoms with Crippen LogP contribution in [-0.2, 0) is 0 Å². The normalized spacial score (nSPS) is 21.4. The summed E-state index contributed by atoms with van der Waals surface area (Å²) in [6.07, 6.45) is 22.5. The lowest BCUT2D eigenvalue weighted by atomic mass is 9.99. The average molecular weight is 438 g/mol. The molecule has 5 aliphatic rings. The molecule has 2 aromatic rings. The summed E-state index contributed by atoms with van der Waals surface area (Å²) in [5, 5.41) is 3.59. The number of allylic oxidation sites excluding steroid dienone is 9. The van der Waals surface area contributed by atoms with Gasteiger partial charge >= 0.3 is 0 Å². The van der Waals surface area contributed by atoms with Crippen molar-refractivity contribution in [1.82, 2.24) is 4.98 Å². The second kappa shape index (κ2) is 7.39. The lowest BCUT2D eigenvalue weighted by molar-refractivity contribution is 1.32. The summed E-state index contributed by atoms with van der Waals surface area (Å²) in [6, 6.07) is 12.4. The van der Waals surface area contributed by atoms with Gasteiger partial charge in [0.2, 0.25) is 0 Å². The van der Waals surface area contributed by atoms with E-state index in [0.717, 1.165) is 68.1 Å². The molecule has 0 unspecified atom stereocenters. The van der Waals surface area contributed by atoms with Gasteiger partial charge in [-0.25, -0.2) is 15.0 Å². The van der Waals surface area contributed by atoms with E-state index in [1.165, 1.54) is 0 Å². The van der Waals surface area contributed by atoms with E-state index in [9.17, 15) is 0 Å². The van der Waals surface area contributed by atoms with Crippen LogP contribution in [0.15, 0.2) is 128 Å². The fourth-order valence-electron chi connectivity index (χ4n) is 4.49. The minimum absolute atomic E-state index is 0.866. The summed E-state index contributed by atoms with van der Waals surface area (Å²) in [5.74, 6) is 0. The van der Waals surface area contributed by atoms with E-state index in [2.05, 4.69) is 58.9 Å². The third-order valence-electron chi connectivity index (χ3n) is 6.08. The molecule has 0 spiro atoms. The molecule has 5 nitrogen and oxygen atoms in total. The van der Waals surface area contributed by atoms with Gasteiger partial charge in [0.15, 0.2) is 0 Å². The van der Waals surface area contributed by atoms with Gasteiger partial charge in [-0.3, -0.25) is 0 Å². The number of aliphatic imine (C=N–C) groups is 3. The maximum atomic E-state index is 4.95. The van der Waals surface area contributed by atoms with Crippen LogP contribution in [0.5, 0.6) is 0 Å². The summed E-state index contributed by atoms with van der Waals surface area (Å²) in [5.41, 5.74) is 11.5. The van der Waals surface area contributed by atoms with E-state index >= 15 is 0 Å². The Morgan fingerprint density at radius 2 is 1.24 bits per heavy atom. The lowest BCUT2D eigenvalue weighted by Crippen LogP contribution is -2.16. The zero-order valence-electron chi connectivity index (χ0n) is 18.2. The van der Waals surface area contributed by atoms with Gasteiger partial charge in [-0.1, -0.05) is 24.3 Å². The maximum Gasteiger partial charge on any atom is 0.0752 e. The molecular formula is C29H19N5. The third-order valence-corrected chi connectivity index (χ3v) is 6.08. The summed E-state index contributed by atoms with van der Waals surface area (Å²) in [7, 11) is 0. The molecule has 2 N–H and O–H groups in total. The Kier molecular flexibility index (Phi) is 4.08. The SMILES string of the molecule is C1=CC2=NC1=Cc1ccc([nH]1)C=C1C=CC(=N1)C(=C1C=Cc3ccccc3N1)C1=NC(=C2)C=C1. The van der Waals surface area contributed by atoms with Gasteiger partial charge in [-0.2, -0.15) is 0 Å². The predicted octanol–water partition coefficient (Wildman–Crippen LogP) is 6.02. The Hall–Kier alpha value is -4.77. The van der Waals surface area contributed by atoms with Crippen molar-refractivity contribution in [3.8, 4) is 0 Å². The second-order valence-electron chi connectivity index (χ2n) is 8.44. The van der Waals surface area contributed by atoms with Gasteiger partial charge in [0.1, 0.15) is 0 Å². The van der Waals surface area contributed by atoms with Crippen molar-refractivity contribution in [2.24, 2.45) is 15.0 Å². The Balaban J connectivity index is 1.42. The molecule has 7 rings (SSSR count). The van der Waals surface area contributed by atoms with Gasteiger partial charge in [0, 0.05) is 22.6 Å². The number of benzene rings is 1. The van der Waals surface area contributed by atoms with Gasteiger partial charge < -0.3 is 10.3 Å². The Morgan fingerprint density at radius 3 is 2.03 bits per heavy atom. The largest absolute Gasteiger partial charge is 0.355 e. The molecule has 0 saturated carbocycles. The number of fused-ring (bicyclic) bond motifs is 6. The van der Waals surface area contributed by atoms with Crippen LogP contribution in [0, 0.1) is 0 Å². The first-order chi connectivity index (χ1) is 16.8. The number of para-hydroxylation sites is 1. The molecule has 0 amide bonds. The fraction of sp³-hybridized carbons (Fsp3) is 0. The average Bonchev–Trinajstić information content (AvgIpc) is 3.65. The van der Waals surface area contributed by atoms with Crippen LogP contribution >= 0.6 is 0 Å². The van der Waals surface area contributed by atoms with E-state index in [-0.39, 0.29) is 0 Å². The number of anilines is 1. The van der Waals surface area contributed by atoms with Crippen LogP contribution in [-0.4, -0.2) is 22.1 Å². The van der Waals surface area contributed by atoms with Crippen LogP contribution in [0.1, 0.15) is 17.0 Å². The number of rotatable bonds is 0.